The number of aromatic nitrogens is 4. The Balaban J connectivity index is 1.51. The first-order chi connectivity index (χ1) is 12.3. The lowest BCUT2D eigenvalue weighted by Gasteiger charge is -2.20. The summed E-state index contributed by atoms with van der Waals surface area (Å²) in [6.07, 6.45) is 0. The highest BCUT2D eigenvalue weighted by atomic mass is 16.7. The molecule has 0 saturated heterocycles. The Bertz CT molecular complexity index is 850. The second-order valence-electron chi connectivity index (χ2n) is 5.83. The van der Waals surface area contributed by atoms with Crippen molar-refractivity contribution >= 4 is 0 Å². The molecule has 25 heavy (non-hydrogen) atoms. The van der Waals surface area contributed by atoms with E-state index in [0.29, 0.717) is 13.3 Å². The minimum Gasteiger partial charge on any atom is -0.454 e. The Morgan fingerprint density at radius 3 is 2.72 bits per heavy atom. The molecular weight excluding hydrogens is 318 g/mol. The van der Waals surface area contributed by atoms with E-state index in [1.807, 2.05) is 42.5 Å². The topological polar surface area (TPSA) is 65.3 Å². The van der Waals surface area contributed by atoms with Crippen molar-refractivity contribution in [3.63, 3.8) is 0 Å². The Morgan fingerprint density at radius 2 is 1.88 bits per heavy atom. The van der Waals surface area contributed by atoms with Crippen LogP contribution in [0.4, 0.5) is 0 Å². The van der Waals surface area contributed by atoms with Gasteiger partial charge in [0.05, 0.1) is 12.2 Å². The van der Waals surface area contributed by atoms with E-state index in [9.17, 15) is 0 Å². The average Bonchev–Trinajstić information content (AvgIpc) is 3.30. The summed E-state index contributed by atoms with van der Waals surface area (Å²) in [5.74, 6) is 2.43. The van der Waals surface area contributed by atoms with Gasteiger partial charge in [-0.1, -0.05) is 31.2 Å². The van der Waals surface area contributed by atoms with Crippen molar-refractivity contribution in [3.8, 4) is 17.2 Å². The third kappa shape index (κ3) is 3.32. The van der Waals surface area contributed by atoms with Crippen LogP contribution in [0.15, 0.2) is 48.5 Å². The van der Waals surface area contributed by atoms with Crippen LogP contribution < -0.4 is 9.47 Å². The smallest absolute Gasteiger partial charge is 0.231 e. The summed E-state index contributed by atoms with van der Waals surface area (Å²) < 4.78 is 12.6. The summed E-state index contributed by atoms with van der Waals surface area (Å²) in [5, 5.41) is 12.2. The van der Waals surface area contributed by atoms with Crippen molar-refractivity contribution < 1.29 is 9.47 Å². The minimum atomic E-state index is 0.294. The highest BCUT2D eigenvalue weighted by Crippen LogP contribution is 2.32. The maximum absolute atomic E-state index is 5.46. The van der Waals surface area contributed by atoms with Crippen LogP contribution >= 0.6 is 0 Å². The fourth-order valence-corrected chi connectivity index (χ4v) is 2.85. The lowest BCUT2D eigenvalue weighted by atomic mass is 10.2. The molecule has 2 heterocycles. The zero-order valence-corrected chi connectivity index (χ0v) is 14.0. The summed E-state index contributed by atoms with van der Waals surface area (Å²) in [6.45, 7) is 4.75. The van der Waals surface area contributed by atoms with Gasteiger partial charge >= 0.3 is 0 Å². The standard InChI is InChI=1S/C18H19N5O2/c1-2-22(11-14-8-9-16-17(10-14)25-13-24-16)12-18-19-20-21-23(18)15-6-4-3-5-7-15/h3-10H,2,11-13H2,1H3. The highest BCUT2D eigenvalue weighted by Gasteiger charge is 2.16. The molecule has 7 heteroatoms. The Hall–Kier alpha value is -2.93. The molecule has 0 saturated carbocycles. The number of hydrogen-bond acceptors (Lipinski definition) is 6. The van der Waals surface area contributed by atoms with Crippen LogP contribution in [0.3, 0.4) is 0 Å². The molecule has 1 aliphatic rings. The number of rotatable bonds is 6. The van der Waals surface area contributed by atoms with Gasteiger partial charge in [-0.3, -0.25) is 4.90 Å². The Morgan fingerprint density at radius 1 is 1.04 bits per heavy atom. The molecule has 1 aromatic heterocycles. The number of benzene rings is 2. The number of para-hydroxylation sites is 1. The van der Waals surface area contributed by atoms with Gasteiger partial charge in [0.15, 0.2) is 17.3 Å². The van der Waals surface area contributed by atoms with E-state index in [4.69, 9.17) is 9.47 Å². The zero-order valence-electron chi connectivity index (χ0n) is 14.0. The van der Waals surface area contributed by atoms with Gasteiger partial charge in [-0.2, -0.15) is 4.68 Å². The molecule has 2 aromatic carbocycles. The molecule has 4 rings (SSSR count). The molecule has 0 amide bonds. The summed E-state index contributed by atoms with van der Waals surface area (Å²) in [4.78, 5) is 2.28. The summed E-state index contributed by atoms with van der Waals surface area (Å²) in [6, 6.07) is 16.0. The third-order valence-corrected chi connectivity index (χ3v) is 4.19. The Labute approximate surface area is 145 Å². The number of ether oxygens (including phenoxy) is 2. The quantitative estimate of drug-likeness (QED) is 0.688. The largest absolute Gasteiger partial charge is 0.454 e. The molecule has 0 unspecified atom stereocenters. The lowest BCUT2D eigenvalue weighted by Crippen LogP contribution is -2.24. The predicted molar refractivity (Wildman–Crippen MR) is 91.5 cm³/mol. The molecular formula is C18H19N5O2. The molecule has 1 aliphatic heterocycles. The van der Waals surface area contributed by atoms with Gasteiger partial charge < -0.3 is 9.47 Å². The van der Waals surface area contributed by atoms with E-state index in [1.165, 1.54) is 5.56 Å². The van der Waals surface area contributed by atoms with E-state index in [2.05, 4.69) is 33.4 Å². The van der Waals surface area contributed by atoms with Crippen LogP contribution in [0.5, 0.6) is 11.5 Å². The monoisotopic (exact) mass is 337 g/mol. The maximum atomic E-state index is 5.46. The van der Waals surface area contributed by atoms with E-state index in [-0.39, 0.29) is 0 Å². The molecule has 7 nitrogen and oxygen atoms in total. The van der Waals surface area contributed by atoms with Gasteiger partial charge in [-0.05, 0) is 46.8 Å². The summed E-state index contributed by atoms with van der Waals surface area (Å²) >= 11 is 0. The molecule has 0 fully saturated rings. The van der Waals surface area contributed by atoms with Crippen molar-refractivity contribution in [2.24, 2.45) is 0 Å². The summed E-state index contributed by atoms with van der Waals surface area (Å²) in [7, 11) is 0. The van der Waals surface area contributed by atoms with Crippen molar-refractivity contribution in [1.29, 1.82) is 0 Å². The second kappa shape index (κ2) is 6.90. The first kappa shape index (κ1) is 15.6. The van der Waals surface area contributed by atoms with Gasteiger partial charge in [0.2, 0.25) is 6.79 Å². The molecule has 128 valence electrons. The second-order valence-corrected chi connectivity index (χ2v) is 5.83. The first-order valence-electron chi connectivity index (χ1n) is 8.27. The number of hydrogen-bond donors (Lipinski definition) is 0. The van der Waals surface area contributed by atoms with Crippen molar-refractivity contribution in [3.05, 3.63) is 59.9 Å². The van der Waals surface area contributed by atoms with Gasteiger partial charge in [0.25, 0.3) is 0 Å². The van der Waals surface area contributed by atoms with E-state index < -0.39 is 0 Å². The normalized spacial score (nSPS) is 12.7. The molecule has 0 aliphatic carbocycles. The van der Waals surface area contributed by atoms with Gasteiger partial charge in [-0.15, -0.1) is 5.10 Å². The van der Waals surface area contributed by atoms with Gasteiger partial charge in [0, 0.05) is 6.54 Å². The van der Waals surface area contributed by atoms with Crippen LogP contribution in [-0.4, -0.2) is 38.4 Å². The predicted octanol–water partition coefficient (Wildman–Crippen LogP) is 2.41. The third-order valence-electron chi connectivity index (χ3n) is 4.19. The molecule has 0 spiro atoms. The van der Waals surface area contributed by atoms with E-state index >= 15 is 0 Å². The van der Waals surface area contributed by atoms with Crippen LogP contribution in [0.2, 0.25) is 0 Å². The fraction of sp³-hybridized carbons (Fsp3) is 0.278. The minimum absolute atomic E-state index is 0.294. The highest BCUT2D eigenvalue weighted by molar-refractivity contribution is 5.44. The maximum Gasteiger partial charge on any atom is 0.231 e. The van der Waals surface area contributed by atoms with E-state index in [0.717, 1.165) is 36.1 Å². The van der Waals surface area contributed by atoms with Crippen molar-refractivity contribution in [1.82, 2.24) is 25.1 Å². The van der Waals surface area contributed by atoms with Crippen LogP contribution in [0, 0.1) is 0 Å². The first-order valence-corrected chi connectivity index (χ1v) is 8.27. The van der Waals surface area contributed by atoms with E-state index in [1.54, 1.807) is 4.68 Å². The molecule has 0 bridgehead atoms. The van der Waals surface area contributed by atoms with Crippen LogP contribution in [0.25, 0.3) is 5.69 Å². The number of fused-ring (bicyclic) bond motifs is 1. The number of nitrogens with zero attached hydrogens (tertiary/aromatic N) is 5. The zero-order chi connectivity index (χ0) is 17.1. The Kier molecular flexibility index (Phi) is 4.30. The number of tetrazole rings is 1. The molecule has 0 radical (unpaired) electrons. The van der Waals surface area contributed by atoms with Gasteiger partial charge in [0.1, 0.15) is 0 Å². The van der Waals surface area contributed by atoms with Crippen molar-refractivity contribution in [2.45, 2.75) is 20.0 Å². The van der Waals surface area contributed by atoms with Crippen LogP contribution in [-0.2, 0) is 13.1 Å². The van der Waals surface area contributed by atoms with Crippen LogP contribution in [0.1, 0.15) is 18.3 Å². The molecule has 3 aromatic rings. The average molecular weight is 337 g/mol. The SMILES string of the molecule is CCN(Cc1ccc2c(c1)OCO2)Cc1nnnn1-c1ccccc1. The van der Waals surface area contributed by atoms with Crippen molar-refractivity contribution in [2.75, 3.05) is 13.3 Å². The van der Waals surface area contributed by atoms with Gasteiger partial charge in [-0.25, -0.2) is 0 Å². The lowest BCUT2D eigenvalue weighted by molar-refractivity contribution is 0.174. The molecule has 0 N–H and O–H groups in total. The molecule has 0 atom stereocenters. The fourth-order valence-electron chi connectivity index (χ4n) is 2.85. The summed E-state index contributed by atoms with van der Waals surface area (Å²) in [5.41, 5.74) is 2.13.